The SMILES string of the molecule is CC1CN(C(C)CC#N)CCC1O. The van der Waals surface area contributed by atoms with E-state index in [-0.39, 0.29) is 6.10 Å². The van der Waals surface area contributed by atoms with E-state index in [1.54, 1.807) is 0 Å². The molecule has 3 nitrogen and oxygen atoms in total. The summed E-state index contributed by atoms with van der Waals surface area (Å²) in [4.78, 5) is 2.29. The van der Waals surface area contributed by atoms with Gasteiger partial charge in [0.05, 0.1) is 18.6 Å². The van der Waals surface area contributed by atoms with Gasteiger partial charge >= 0.3 is 0 Å². The van der Waals surface area contributed by atoms with Gasteiger partial charge in [-0.3, -0.25) is 4.90 Å². The van der Waals surface area contributed by atoms with E-state index in [1.807, 2.05) is 0 Å². The number of nitriles is 1. The molecule has 0 aromatic heterocycles. The van der Waals surface area contributed by atoms with E-state index in [9.17, 15) is 5.11 Å². The molecular formula is C10H18N2O. The number of nitrogens with zero attached hydrogens (tertiary/aromatic N) is 2. The van der Waals surface area contributed by atoms with Crippen molar-refractivity contribution in [2.24, 2.45) is 5.92 Å². The molecule has 1 heterocycles. The first-order valence-electron chi connectivity index (χ1n) is 4.94. The lowest BCUT2D eigenvalue weighted by atomic mass is 9.95. The van der Waals surface area contributed by atoms with E-state index in [0.717, 1.165) is 19.5 Å². The van der Waals surface area contributed by atoms with E-state index in [2.05, 4.69) is 24.8 Å². The molecule has 3 heteroatoms. The lowest BCUT2D eigenvalue weighted by molar-refractivity contribution is 0.0211. The smallest absolute Gasteiger partial charge is 0.0638 e. The molecule has 1 aliphatic rings. The van der Waals surface area contributed by atoms with Gasteiger partial charge in [-0.05, 0) is 19.3 Å². The summed E-state index contributed by atoms with van der Waals surface area (Å²) >= 11 is 0. The van der Waals surface area contributed by atoms with Crippen molar-refractivity contribution in [3.63, 3.8) is 0 Å². The lowest BCUT2D eigenvalue weighted by Crippen LogP contribution is -2.45. The molecule has 3 unspecified atom stereocenters. The second-order valence-corrected chi connectivity index (χ2v) is 4.04. The average molecular weight is 182 g/mol. The van der Waals surface area contributed by atoms with Crippen LogP contribution in [0.25, 0.3) is 0 Å². The molecule has 1 rings (SSSR count). The molecule has 74 valence electrons. The van der Waals surface area contributed by atoms with Crippen molar-refractivity contribution in [1.29, 1.82) is 5.26 Å². The molecular weight excluding hydrogens is 164 g/mol. The molecule has 0 aromatic rings. The summed E-state index contributed by atoms with van der Waals surface area (Å²) in [5, 5.41) is 18.1. The van der Waals surface area contributed by atoms with Crippen LogP contribution in [0.5, 0.6) is 0 Å². The molecule has 0 aromatic carbocycles. The van der Waals surface area contributed by atoms with Gasteiger partial charge in [0.25, 0.3) is 0 Å². The highest BCUT2D eigenvalue weighted by Gasteiger charge is 2.26. The van der Waals surface area contributed by atoms with Crippen molar-refractivity contribution in [2.45, 2.75) is 38.8 Å². The van der Waals surface area contributed by atoms with E-state index in [1.165, 1.54) is 0 Å². The van der Waals surface area contributed by atoms with Gasteiger partial charge in [0.15, 0.2) is 0 Å². The number of piperidine rings is 1. The minimum atomic E-state index is -0.148. The summed E-state index contributed by atoms with van der Waals surface area (Å²) in [5.74, 6) is 0.342. The molecule has 0 saturated carbocycles. The number of hydrogen-bond donors (Lipinski definition) is 1. The molecule has 0 spiro atoms. The van der Waals surface area contributed by atoms with Gasteiger partial charge in [-0.15, -0.1) is 0 Å². The molecule has 1 fully saturated rings. The van der Waals surface area contributed by atoms with E-state index in [4.69, 9.17) is 5.26 Å². The summed E-state index contributed by atoms with van der Waals surface area (Å²) in [6.45, 7) is 5.99. The Morgan fingerprint density at radius 3 is 2.92 bits per heavy atom. The molecule has 1 saturated heterocycles. The van der Waals surface area contributed by atoms with E-state index >= 15 is 0 Å². The summed E-state index contributed by atoms with van der Waals surface area (Å²) in [7, 11) is 0. The normalized spacial score (nSPS) is 32.5. The minimum absolute atomic E-state index is 0.148. The van der Waals surface area contributed by atoms with Gasteiger partial charge in [0.1, 0.15) is 0 Å². The van der Waals surface area contributed by atoms with Crippen LogP contribution in [0.3, 0.4) is 0 Å². The second-order valence-electron chi connectivity index (χ2n) is 4.04. The van der Waals surface area contributed by atoms with E-state index < -0.39 is 0 Å². The Morgan fingerprint density at radius 2 is 2.38 bits per heavy atom. The third kappa shape index (κ3) is 2.68. The maximum absolute atomic E-state index is 9.52. The molecule has 0 aliphatic carbocycles. The van der Waals surface area contributed by atoms with Gasteiger partial charge in [-0.25, -0.2) is 0 Å². The maximum atomic E-state index is 9.52. The third-order valence-corrected chi connectivity index (χ3v) is 2.90. The third-order valence-electron chi connectivity index (χ3n) is 2.90. The van der Waals surface area contributed by atoms with Crippen LogP contribution < -0.4 is 0 Å². The first-order chi connectivity index (χ1) is 6.15. The van der Waals surface area contributed by atoms with Crippen molar-refractivity contribution >= 4 is 0 Å². The Bertz CT molecular complexity index is 200. The highest BCUT2D eigenvalue weighted by molar-refractivity contribution is 4.84. The monoisotopic (exact) mass is 182 g/mol. The molecule has 13 heavy (non-hydrogen) atoms. The zero-order valence-electron chi connectivity index (χ0n) is 8.40. The van der Waals surface area contributed by atoms with Crippen LogP contribution in [0.2, 0.25) is 0 Å². The van der Waals surface area contributed by atoms with Crippen LogP contribution in [-0.2, 0) is 0 Å². The molecule has 0 bridgehead atoms. The predicted octanol–water partition coefficient (Wildman–Crippen LogP) is 0.991. The van der Waals surface area contributed by atoms with E-state index in [0.29, 0.717) is 18.4 Å². The highest BCUT2D eigenvalue weighted by atomic mass is 16.3. The van der Waals surface area contributed by atoms with Crippen LogP contribution >= 0.6 is 0 Å². The molecule has 1 N–H and O–H groups in total. The van der Waals surface area contributed by atoms with Gasteiger partial charge in [-0.1, -0.05) is 6.92 Å². The summed E-state index contributed by atoms with van der Waals surface area (Å²) < 4.78 is 0. The summed E-state index contributed by atoms with van der Waals surface area (Å²) in [6.07, 6.45) is 1.28. The summed E-state index contributed by atoms with van der Waals surface area (Å²) in [5.41, 5.74) is 0. The Morgan fingerprint density at radius 1 is 1.69 bits per heavy atom. The molecule has 1 aliphatic heterocycles. The number of hydrogen-bond acceptors (Lipinski definition) is 3. The first kappa shape index (κ1) is 10.5. The van der Waals surface area contributed by atoms with Crippen molar-refractivity contribution in [2.75, 3.05) is 13.1 Å². The number of likely N-dealkylation sites (tertiary alicyclic amines) is 1. The minimum Gasteiger partial charge on any atom is -0.393 e. The van der Waals surface area contributed by atoms with Gasteiger partial charge < -0.3 is 5.11 Å². The van der Waals surface area contributed by atoms with Crippen molar-refractivity contribution in [3.05, 3.63) is 0 Å². The van der Waals surface area contributed by atoms with Crippen molar-refractivity contribution < 1.29 is 5.11 Å². The average Bonchev–Trinajstić information content (AvgIpc) is 2.10. The van der Waals surface area contributed by atoms with Crippen LogP contribution in [0.1, 0.15) is 26.7 Å². The topological polar surface area (TPSA) is 47.3 Å². The fraction of sp³-hybridized carbons (Fsp3) is 0.900. The van der Waals surface area contributed by atoms with Crippen molar-refractivity contribution in [3.8, 4) is 6.07 Å². The fourth-order valence-corrected chi connectivity index (χ4v) is 1.83. The first-order valence-corrected chi connectivity index (χ1v) is 4.94. The Balaban J connectivity index is 2.41. The molecule has 0 radical (unpaired) electrons. The van der Waals surface area contributed by atoms with Crippen LogP contribution in [-0.4, -0.2) is 35.2 Å². The zero-order chi connectivity index (χ0) is 9.84. The fourth-order valence-electron chi connectivity index (χ4n) is 1.83. The Labute approximate surface area is 80.0 Å². The predicted molar refractivity (Wildman–Crippen MR) is 51.1 cm³/mol. The number of aliphatic hydroxyl groups excluding tert-OH is 1. The summed E-state index contributed by atoms with van der Waals surface area (Å²) in [6, 6.07) is 2.52. The Kier molecular flexibility index (Phi) is 3.71. The number of rotatable bonds is 2. The quantitative estimate of drug-likeness (QED) is 0.692. The second kappa shape index (κ2) is 4.59. The number of aliphatic hydroxyl groups is 1. The molecule has 0 amide bonds. The van der Waals surface area contributed by atoms with Gasteiger partial charge in [0, 0.05) is 19.1 Å². The van der Waals surface area contributed by atoms with Crippen LogP contribution in [0.4, 0.5) is 0 Å². The highest BCUT2D eigenvalue weighted by Crippen LogP contribution is 2.19. The zero-order valence-corrected chi connectivity index (χ0v) is 8.40. The van der Waals surface area contributed by atoms with Gasteiger partial charge in [0.2, 0.25) is 0 Å². The maximum Gasteiger partial charge on any atom is 0.0638 e. The molecule has 3 atom stereocenters. The van der Waals surface area contributed by atoms with Crippen molar-refractivity contribution in [1.82, 2.24) is 4.90 Å². The van der Waals surface area contributed by atoms with Crippen LogP contribution in [0, 0.1) is 17.2 Å². The standard InChI is InChI=1S/C10H18N2O/c1-8-7-12(6-4-10(8)13)9(2)3-5-11/h8-10,13H,3-4,6-7H2,1-2H3. The lowest BCUT2D eigenvalue weighted by Gasteiger charge is -2.37. The van der Waals surface area contributed by atoms with Crippen LogP contribution in [0.15, 0.2) is 0 Å². The Hall–Kier alpha value is -0.590. The largest absolute Gasteiger partial charge is 0.393 e. The van der Waals surface area contributed by atoms with Gasteiger partial charge in [-0.2, -0.15) is 5.26 Å².